The normalized spacial score (nSPS) is 12.2. The highest BCUT2D eigenvalue weighted by molar-refractivity contribution is 5.83. The monoisotopic (exact) mass is 504 g/mol. The maximum atomic E-state index is 6.31. The topological polar surface area (TPSA) is 102 Å². The van der Waals surface area contributed by atoms with Gasteiger partial charge in [0.25, 0.3) is 6.01 Å². The summed E-state index contributed by atoms with van der Waals surface area (Å²) in [5.41, 5.74) is 6.70. The lowest BCUT2D eigenvalue weighted by Gasteiger charge is -2.28. The first-order chi connectivity index (χ1) is 18.7. The average molecular weight is 505 g/mol. The molecule has 0 fully saturated rings. The Labute approximate surface area is 220 Å². The van der Waals surface area contributed by atoms with Gasteiger partial charge in [-0.3, -0.25) is 0 Å². The van der Waals surface area contributed by atoms with Gasteiger partial charge in [-0.2, -0.15) is 15.3 Å². The van der Waals surface area contributed by atoms with Gasteiger partial charge in [0.05, 0.1) is 11.7 Å². The van der Waals surface area contributed by atoms with Gasteiger partial charge in [0.15, 0.2) is 5.58 Å². The van der Waals surface area contributed by atoms with Crippen molar-refractivity contribution in [1.29, 1.82) is 0 Å². The third-order valence-corrected chi connectivity index (χ3v) is 6.82. The molecule has 0 spiro atoms. The van der Waals surface area contributed by atoms with Crippen LogP contribution in [-0.2, 0) is 0 Å². The molecule has 0 aliphatic heterocycles. The Morgan fingerprint density at radius 3 is 2.55 bits per heavy atom. The number of aromatic amines is 1. The molecule has 1 atom stereocenters. The standard InChI is InChI=1S/C29H28N8O/c1-3-4-18-36(29-31-27-25(37-19-8-17-30-37)11-7-12-26(27)38-29)20(2)21-13-15-22(16-14-21)23-9-5-6-10-24(23)28-32-34-35-33-28/h5-17,19-20H,3-4,18H2,1-2H3,(H,32,33,34,35)/t20-/m1/s1. The third kappa shape index (κ3) is 4.43. The van der Waals surface area contributed by atoms with Gasteiger partial charge in [0.2, 0.25) is 5.82 Å². The van der Waals surface area contributed by atoms with Gasteiger partial charge >= 0.3 is 0 Å². The molecule has 0 amide bonds. The van der Waals surface area contributed by atoms with Crippen molar-refractivity contribution in [2.75, 3.05) is 11.4 Å². The van der Waals surface area contributed by atoms with Crippen LogP contribution in [0.15, 0.2) is 89.6 Å². The van der Waals surface area contributed by atoms with Crippen molar-refractivity contribution in [3.05, 3.63) is 90.8 Å². The zero-order valence-electron chi connectivity index (χ0n) is 21.3. The van der Waals surface area contributed by atoms with E-state index in [4.69, 9.17) is 9.40 Å². The van der Waals surface area contributed by atoms with Crippen LogP contribution in [0, 0.1) is 0 Å². The quantitative estimate of drug-likeness (QED) is 0.249. The largest absolute Gasteiger partial charge is 0.423 e. The Morgan fingerprint density at radius 2 is 1.82 bits per heavy atom. The van der Waals surface area contributed by atoms with Gasteiger partial charge in [-0.15, -0.1) is 10.2 Å². The molecule has 6 aromatic rings. The van der Waals surface area contributed by atoms with E-state index >= 15 is 0 Å². The molecule has 3 heterocycles. The summed E-state index contributed by atoms with van der Waals surface area (Å²) in [4.78, 5) is 7.20. The number of fused-ring (bicyclic) bond motifs is 1. The number of aromatic nitrogens is 7. The summed E-state index contributed by atoms with van der Waals surface area (Å²) in [5.74, 6) is 0.578. The number of oxazole rings is 1. The first-order valence-corrected chi connectivity index (χ1v) is 12.8. The highest BCUT2D eigenvalue weighted by Gasteiger charge is 2.23. The predicted octanol–water partition coefficient (Wildman–Crippen LogP) is 6.23. The molecule has 0 bridgehead atoms. The molecule has 6 rings (SSSR count). The van der Waals surface area contributed by atoms with Crippen molar-refractivity contribution < 1.29 is 4.42 Å². The molecule has 1 N–H and O–H groups in total. The minimum atomic E-state index is 0.0595. The van der Waals surface area contributed by atoms with Gasteiger partial charge < -0.3 is 9.32 Å². The molecular formula is C29H28N8O. The SMILES string of the molecule is CCCCN(c1nc2c(-n3cccn3)cccc2o1)[C@H](C)c1ccc(-c2ccccc2-c2nn[nH]n2)cc1. The van der Waals surface area contributed by atoms with E-state index < -0.39 is 0 Å². The Kier molecular flexibility index (Phi) is 6.39. The van der Waals surface area contributed by atoms with Crippen LogP contribution in [0.1, 0.15) is 38.3 Å². The minimum Gasteiger partial charge on any atom is -0.423 e. The lowest BCUT2D eigenvalue weighted by molar-refractivity contribution is 0.524. The van der Waals surface area contributed by atoms with Gasteiger partial charge in [0.1, 0.15) is 5.52 Å². The lowest BCUT2D eigenvalue weighted by atomic mass is 9.97. The number of rotatable bonds is 9. The fourth-order valence-corrected chi connectivity index (χ4v) is 4.75. The Balaban J connectivity index is 1.33. The molecular weight excluding hydrogens is 476 g/mol. The number of tetrazole rings is 1. The maximum Gasteiger partial charge on any atom is 0.298 e. The summed E-state index contributed by atoms with van der Waals surface area (Å²) in [6, 6.07) is 25.2. The predicted molar refractivity (Wildman–Crippen MR) is 147 cm³/mol. The number of unbranched alkanes of at least 4 members (excludes halogenated alkanes) is 1. The zero-order chi connectivity index (χ0) is 25.9. The van der Waals surface area contributed by atoms with E-state index in [-0.39, 0.29) is 6.04 Å². The van der Waals surface area contributed by atoms with Crippen LogP contribution in [0.5, 0.6) is 0 Å². The summed E-state index contributed by atoms with van der Waals surface area (Å²) in [5, 5.41) is 19.0. The Hall–Kier alpha value is -4.79. The molecule has 0 saturated heterocycles. The van der Waals surface area contributed by atoms with Crippen LogP contribution in [0.2, 0.25) is 0 Å². The number of anilines is 1. The summed E-state index contributed by atoms with van der Waals surface area (Å²) < 4.78 is 8.13. The van der Waals surface area contributed by atoms with Crippen LogP contribution in [0.3, 0.4) is 0 Å². The van der Waals surface area contributed by atoms with Crippen LogP contribution in [-0.4, -0.2) is 41.9 Å². The molecule has 190 valence electrons. The van der Waals surface area contributed by atoms with Gasteiger partial charge in [-0.25, -0.2) is 4.68 Å². The Bertz CT molecular complexity index is 1620. The number of hydrogen-bond acceptors (Lipinski definition) is 7. The van der Waals surface area contributed by atoms with Gasteiger partial charge in [-0.1, -0.05) is 67.9 Å². The number of nitrogens with one attached hydrogen (secondary N) is 1. The molecule has 9 heteroatoms. The summed E-state index contributed by atoms with van der Waals surface area (Å²) in [6.45, 7) is 5.23. The maximum absolute atomic E-state index is 6.31. The van der Waals surface area contributed by atoms with E-state index in [0.717, 1.165) is 52.9 Å². The van der Waals surface area contributed by atoms with Crippen LogP contribution in [0.25, 0.3) is 39.3 Å². The third-order valence-electron chi connectivity index (χ3n) is 6.82. The summed E-state index contributed by atoms with van der Waals surface area (Å²) >= 11 is 0. The van der Waals surface area contributed by atoms with Crippen LogP contribution in [0.4, 0.5) is 6.01 Å². The van der Waals surface area contributed by atoms with E-state index in [1.54, 1.807) is 6.20 Å². The molecule has 3 aromatic heterocycles. The molecule has 0 unspecified atom stereocenters. The average Bonchev–Trinajstić information content (AvgIpc) is 3.75. The second-order valence-electron chi connectivity index (χ2n) is 9.20. The zero-order valence-corrected chi connectivity index (χ0v) is 21.3. The second kappa shape index (κ2) is 10.3. The fourth-order valence-electron chi connectivity index (χ4n) is 4.75. The molecule has 9 nitrogen and oxygen atoms in total. The molecule has 0 aliphatic carbocycles. The van der Waals surface area contributed by atoms with Gasteiger partial charge in [-0.05, 0) is 53.4 Å². The van der Waals surface area contributed by atoms with Crippen molar-refractivity contribution in [2.24, 2.45) is 0 Å². The fraction of sp³-hybridized carbons (Fsp3) is 0.207. The number of hydrogen-bond donors (Lipinski definition) is 1. The molecule has 3 aromatic carbocycles. The molecule has 38 heavy (non-hydrogen) atoms. The van der Waals surface area contributed by atoms with Gasteiger partial charge in [0, 0.05) is 24.5 Å². The van der Waals surface area contributed by atoms with Crippen molar-refractivity contribution in [2.45, 2.75) is 32.7 Å². The van der Waals surface area contributed by atoms with Crippen LogP contribution >= 0.6 is 0 Å². The van der Waals surface area contributed by atoms with E-state index in [1.807, 2.05) is 53.3 Å². The smallest absolute Gasteiger partial charge is 0.298 e. The first-order valence-electron chi connectivity index (χ1n) is 12.8. The number of benzene rings is 3. The summed E-state index contributed by atoms with van der Waals surface area (Å²) in [7, 11) is 0. The highest BCUT2D eigenvalue weighted by atomic mass is 16.4. The molecule has 0 saturated carbocycles. The number of H-pyrrole nitrogens is 1. The van der Waals surface area contributed by atoms with E-state index in [1.165, 1.54) is 5.56 Å². The van der Waals surface area contributed by atoms with E-state index in [9.17, 15) is 0 Å². The van der Waals surface area contributed by atoms with Crippen molar-refractivity contribution in [3.63, 3.8) is 0 Å². The molecule has 0 radical (unpaired) electrons. The molecule has 0 aliphatic rings. The number of nitrogens with zero attached hydrogens (tertiary/aromatic N) is 7. The first kappa shape index (κ1) is 23.6. The van der Waals surface area contributed by atoms with Crippen molar-refractivity contribution in [1.82, 2.24) is 35.4 Å². The number of para-hydroxylation sites is 1. The van der Waals surface area contributed by atoms with Crippen molar-refractivity contribution in [3.8, 4) is 28.2 Å². The minimum absolute atomic E-state index is 0.0595. The van der Waals surface area contributed by atoms with Crippen molar-refractivity contribution >= 4 is 17.1 Å². The lowest BCUT2D eigenvalue weighted by Crippen LogP contribution is -2.28. The second-order valence-corrected chi connectivity index (χ2v) is 9.20. The summed E-state index contributed by atoms with van der Waals surface area (Å²) in [6.07, 6.45) is 5.79. The van der Waals surface area contributed by atoms with E-state index in [2.05, 4.69) is 74.8 Å². The Morgan fingerprint density at radius 1 is 0.974 bits per heavy atom. The highest BCUT2D eigenvalue weighted by Crippen LogP contribution is 2.34. The van der Waals surface area contributed by atoms with Crippen LogP contribution < -0.4 is 4.90 Å². The van der Waals surface area contributed by atoms with E-state index in [0.29, 0.717) is 11.8 Å².